The topological polar surface area (TPSA) is 84.2 Å². The van der Waals surface area contributed by atoms with Gasteiger partial charge < -0.3 is 15.1 Å². The Morgan fingerprint density at radius 3 is 2.47 bits per heavy atom. The van der Waals surface area contributed by atoms with E-state index in [9.17, 15) is 22.8 Å². The number of aromatic nitrogens is 1. The molecule has 0 atom stereocenters. The van der Waals surface area contributed by atoms with Crippen LogP contribution >= 0.6 is 11.6 Å². The fourth-order valence-electron chi connectivity index (χ4n) is 2.48. The number of hydrogen-bond acceptors (Lipinski definition) is 4. The molecule has 0 bridgehead atoms. The molecule has 1 heterocycles. The molecule has 1 aromatic heterocycles. The summed E-state index contributed by atoms with van der Waals surface area (Å²) in [6.45, 7) is -0.473. The molecule has 2 amide bonds. The molecule has 0 unspecified atom stereocenters. The Labute approximate surface area is 174 Å². The normalized spacial score (nSPS) is 10.7. The minimum absolute atomic E-state index is 0.00656. The van der Waals surface area contributed by atoms with Crippen LogP contribution < -0.4 is 10.6 Å². The molecule has 0 aliphatic rings. The molecule has 0 spiro atoms. The number of aryl methyl sites for hydroxylation is 1. The molecule has 30 heavy (non-hydrogen) atoms. The van der Waals surface area contributed by atoms with Gasteiger partial charge in [0.05, 0.1) is 18.4 Å². The number of carbonyl (C=O) groups excluding carboxylic acids is 2. The second-order valence-corrected chi connectivity index (χ2v) is 6.61. The second kappa shape index (κ2) is 9.45. The third-order valence-electron chi connectivity index (χ3n) is 4.00. The molecule has 0 aliphatic carbocycles. The Morgan fingerprint density at radius 2 is 1.73 bits per heavy atom. The van der Waals surface area contributed by atoms with Crippen LogP contribution in [0.1, 0.15) is 12.3 Å². The molecule has 0 radical (unpaired) electrons. The Bertz CT molecular complexity index is 1070. The van der Waals surface area contributed by atoms with Crippen molar-refractivity contribution in [3.63, 3.8) is 0 Å². The smallest absolute Gasteiger partial charge is 0.243 e. The number of oxazole rings is 1. The molecule has 156 valence electrons. The number of benzene rings is 2. The van der Waals surface area contributed by atoms with E-state index in [1.54, 1.807) is 24.3 Å². The SMILES string of the molecule is O=C(CCc1ncc(-c2ccc(Cl)cc2)o1)NCC(=O)Nc1ccc(F)c(F)c1F. The summed E-state index contributed by atoms with van der Waals surface area (Å²) in [6, 6.07) is 8.53. The lowest BCUT2D eigenvalue weighted by Gasteiger charge is -2.08. The van der Waals surface area contributed by atoms with Crippen molar-refractivity contribution >= 4 is 29.1 Å². The van der Waals surface area contributed by atoms with Crippen LogP contribution in [-0.4, -0.2) is 23.3 Å². The highest BCUT2D eigenvalue weighted by atomic mass is 35.5. The van der Waals surface area contributed by atoms with Crippen molar-refractivity contribution < 1.29 is 27.2 Å². The van der Waals surface area contributed by atoms with E-state index in [2.05, 4.69) is 15.6 Å². The molecule has 10 heteroatoms. The van der Waals surface area contributed by atoms with Crippen molar-refractivity contribution in [1.29, 1.82) is 0 Å². The maximum atomic E-state index is 13.5. The lowest BCUT2D eigenvalue weighted by molar-refractivity contribution is -0.124. The van der Waals surface area contributed by atoms with Gasteiger partial charge in [0.2, 0.25) is 11.8 Å². The number of anilines is 1. The summed E-state index contributed by atoms with van der Waals surface area (Å²) in [5.74, 6) is -4.99. The molecule has 3 aromatic rings. The average Bonchev–Trinajstić information content (AvgIpc) is 3.21. The van der Waals surface area contributed by atoms with Gasteiger partial charge in [0.25, 0.3) is 0 Å². The molecule has 0 saturated carbocycles. The molecule has 0 fully saturated rings. The van der Waals surface area contributed by atoms with Gasteiger partial charge in [-0.05, 0) is 36.4 Å². The van der Waals surface area contributed by atoms with Gasteiger partial charge in [-0.2, -0.15) is 0 Å². The minimum Gasteiger partial charge on any atom is -0.441 e. The van der Waals surface area contributed by atoms with Gasteiger partial charge >= 0.3 is 0 Å². The molecular weight excluding hydrogens is 423 g/mol. The summed E-state index contributed by atoms with van der Waals surface area (Å²) in [7, 11) is 0. The van der Waals surface area contributed by atoms with Crippen LogP contribution in [0.15, 0.2) is 47.0 Å². The van der Waals surface area contributed by atoms with Gasteiger partial charge in [0.1, 0.15) is 0 Å². The lowest BCUT2D eigenvalue weighted by atomic mass is 10.2. The van der Waals surface area contributed by atoms with Gasteiger partial charge in [0, 0.05) is 23.4 Å². The molecule has 2 N–H and O–H groups in total. The predicted octanol–water partition coefficient (Wildman–Crippen LogP) is 4.10. The molecule has 0 aliphatic heterocycles. The molecule has 2 aromatic carbocycles. The van der Waals surface area contributed by atoms with Crippen LogP contribution in [0.2, 0.25) is 5.02 Å². The first-order chi connectivity index (χ1) is 14.3. The van der Waals surface area contributed by atoms with Crippen LogP contribution in [0.3, 0.4) is 0 Å². The highest BCUT2D eigenvalue weighted by Gasteiger charge is 2.16. The van der Waals surface area contributed by atoms with Crippen molar-refractivity contribution in [3.8, 4) is 11.3 Å². The van der Waals surface area contributed by atoms with Gasteiger partial charge in [-0.1, -0.05) is 11.6 Å². The van der Waals surface area contributed by atoms with E-state index in [1.807, 2.05) is 0 Å². The Hall–Kier alpha value is -3.33. The van der Waals surface area contributed by atoms with Crippen molar-refractivity contribution in [3.05, 3.63) is 71.0 Å². The van der Waals surface area contributed by atoms with Crippen LogP contribution in [0, 0.1) is 17.5 Å². The zero-order valence-electron chi connectivity index (χ0n) is 15.3. The number of rotatable bonds is 7. The van der Waals surface area contributed by atoms with Gasteiger partial charge in [0.15, 0.2) is 29.1 Å². The summed E-state index contributed by atoms with van der Waals surface area (Å²) in [6.07, 6.45) is 1.71. The first-order valence-electron chi connectivity index (χ1n) is 8.74. The molecule has 0 saturated heterocycles. The summed E-state index contributed by atoms with van der Waals surface area (Å²) in [4.78, 5) is 27.8. The highest BCUT2D eigenvalue weighted by molar-refractivity contribution is 6.30. The molecular formula is C20H15ClF3N3O3. The highest BCUT2D eigenvalue weighted by Crippen LogP contribution is 2.23. The van der Waals surface area contributed by atoms with Crippen LogP contribution in [-0.2, 0) is 16.0 Å². The minimum atomic E-state index is -1.69. The summed E-state index contributed by atoms with van der Waals surface area (Å²) < 4.78 is 45.2. The number of amides is 2. The van der Waals surface area contributed by atoms with E-state index in [-0.39, 0.29) is 12.8 Å². The summed E-state index contributed by atoms with van der Waals surface area (Å²) in [5.41, 5.74) is 0.256. The molecule has 6 nitrogen and oxygen atoms in total. The van der Waals surface area contributed by atoms with E-state index in [0.717, 1.165) is 11.6 Å². The first-order valence-corrected chi connectivity index (χ1v) is 9.12. The van der Waals surface area contributed by atoms with E-state index in [0.29, 0.717) is 22.7 Å². The Balaban J connectivity index is 1.45. The second-order valence-electron chi connectivity index (χ2n) is 6.17. The molecule has 3 rings (SSSR count). The van der Waals surface area contributed by atoms with E-state index in [1.165, 1.54) is 6.20 Å². The standard InChI is InChI=1S/C20H15ClF3N3O3/c21-12-3-1-11(2-4-12)15-9-26-18(30-15)8-7-16(28)25-10-17(29)27-14-6-5-13(22)19(23)20(14)24/h1-6,9H,7-8,10H2,(H,25,28)(H,27,29). The predicted molar refractivity (Wildman–Crippen MR) is 103 cm³/mol. The summed E-state index contributed by atoms with van der Waals surface area (Å²) >= 11 is 5.84. The summed E-state index contributed by atoms with van der Waals surface area (Å²) in [5, 5.41) is 4.98. The van der Waals surface area contributed by atoms with E-state index in [4.69, 9.17) is 16.0 Å². The van der Waals surface area contributed by atoms with Gasteiger partial charge in [-0.15, -0.1) is 0 Å². The lowest BCUT2D eigenvalue weighted by Crippen LogP contribution is -2.33. The number of hydrogen-bond donors (Lipinski definition) is 2. The monoisotopic (exact) mass is 437 g/mol. The van der Waals surface area contributed by atoms with Crippen molar-refractivity contribution in [2.45, 2.75) is 12.8 Å². The van der Waals surface area contributed by atoms with Gasteiger partial charge in [-0.25, -0.2) is 18.2 Å². The Kier molecular flexibility index (Phi) is 6.73. The van der Waals surface area contributed by atoms with Crippen molar-refractivity contribution in [1.82, 2.24) is 10.3 Å². The maximum absolute atomic E-state index is 13.5. The van der Waals surface area contributed by atoms with E-state index < -0.39 is 41.5 Å². The number of nitrogens with zero attached hydrogens (tertiary/aromatic N) is 1. The van der Waals surface area contributed by atoms with Crippen LogP contribution in [0.5, 0.6) is 0 Å². The maximum Gasteiger partial charge on any atom is 0.243 e. The fraction of sp³-hybridized carbons (Fsp3) is 0.150. The largest absolute Gasteiger partial charge is 0.441 e. The quantitative estimate of drug-likeness (QED) is 0.545. The van der Waals surface area contributed by atoms with Crippen molar-refractivity contribution in [2.75, 3.05) is 11.9 Å². The van der Waals surface area contributed by atoms with Crippen molar-refractivity contribution in [2.24, 2.45) is 0 Å². The Morgan fingerprint density at radius 1 is 1.00 bits per heavy atom. The zero-order valence-corrected chi connectivity index (χ0v) is 16.1. The number of nitrogens with one attached hydrogen (secondary N) is 2. The third kappa shape index (κ3) is 5.38. The number of carbonyl (C=O) groups is 2. The first kappa shape index (κ1) is 21.4. The van der Waals surface area contributed by atoms with Crippen LogP contribution in [0.4, 0.5) is 18.9 Å². The van der Waals surface area contributed by atoms with E-state index >= 15 is 0 Å². The zero-order chi connectivity index (χ0) is 21.7. The van der Waals surface area contributed by atoms with Gasteiger partial charge in [-0.3, -0.25) is 9.59 Å². The third-order valence-corrected chi connectivity index (χ3v) is 4.26. The average molecular weight is 438 g/mol. The fourth-order valence-corrected chi connectivity index (χ4v) is 2.60. The number of halogens is 4. The van der Waals surface area contributed by atoms with Crippen LogP contribution in [0.25, 0.3) is 11.3 Å².